The lowest BCUT2D eigenvalue weighted by Crippen LogP contribution is -2.28. The molecule has 0 saturated heterocycles. The first-order valence-corrected chi connectivity index (χ1v) is 4.59. The molecule has 0 aromatic carbocycles. The molecule has 2 nitrogen and oxygen atoms in total. The molecule has 0 aliphatic heterocycles. The van der Waals surface area contributed by atoms with E-state index >= 15 is 0 Å². The van der Waals surface area contributed by atoms with Gasteiger partial charge in [0.2, 0.25) is 0 Å². The fourth-order valence-corrected chi connectivity index (χ4v) is 1.66. The molecular weight excluding hydrogens is 136 g/mol. The minimum Gasteiger partial charge on any atom is -0.387 e. The number of nitrogens with two attached hydrogens (primary N) is 1. The van der Waals surface area contributed by atoms with Gasteiger partial charge in [-0.3, -0.25) is 4.99 Å². The van der Waals surface area contributed by atoms with Crippen LogP contribution in [0.5, 0.6) is 0 Å². The van der Waals surface area contributed by atoms with Crippen molar-refractivity contribution in [1.29, 1.82) is 0 Å². The maximum atomic E-state index is 5.78. The predicted octanol–water partition coefficient (Wildman–Crippen LogP) is 1.55. The Morgan fingerprint density at radius 3 is 2.45 bits per heavy atom. The van der Waals surface area contributed by atoms with Crippen LogP contribution in [0.4, 0.5) is 0 Å². The van der Waals surface area contributed by atoms with Crippen LogP contribution >= 0.6 is 0 Å². The van der Waals surface area contributed by atoms with Crippen molar-refractivity contribution in [2.75, 3.05) is 0 Å². The number of aliphatic imine (C=N–C) groups is 1. The fourth-order valence-electron chi connectivity index (χ4n) is 1.66. The summed E-state index contributed by atoms with van der Waals surface area (Å²) in [4.78, 5) is 4.49. The van der Waals surface area contributed by atoms with Crippen LogP contribution in [0.15, 0.2) is 4.99 Å². The third-order valence-corrected chi connectivity index (χ3v) is 2.68. The van der Waals surface area contributed by atoms with Crippen molar-refractivity contribution in [2.45, 2.75) is 38.6 Å². The Bertz CT molecular complexity index is 176. The molecule has 2 rings (SSSR count). The van der Waals surface area contributed by atoms with E-state index in [4.69, 9.17) is 5.73 Å². The molecule has 2 saturated carbocycles. The highest BCUT2D eigenvalue weighted by Crippen LogP contribution is 2.33. The van der Waals surface area contributed by atoms with E-state index in [1.165, 1.54) is 25.7 Å². The Hall–Kier alpha value is -0.530. The second-order valence-corrected chi connectivity index (χ2v) is 4.06. The lowest BCUT2D eigenvalue weighted by molar-refractivity contribution is 0.291. The zero-order valence-electron chi connectivity index (χ0n) is 7.09. The molecule has 11 heavy (non-hydrogen) atoms. The summed E-state index contributed by atoms with van der Waals surface area (Å²) in [5, 5.41) is 0. The Labute approximate surface area is 67.9 Å². The number of amidine groups is 1. The van der Waals surface area contributed by atoms with E-state index in [-0.39, 0.29) is 0 Å². The lowest BCUT2D eigenvalue weighted by atomic mass is 9.82. The van der Waals surface area contributed by atoms with Gasteiger partial charge in [0.15, 0.2) is 0 Å². The fraction of sp³-hybridized carbons (Fsp3) is 0.889. The lowest BCUT2D eigenvalue weighted by Gasteiger charge is -2.29. The van der Waals surface area contributed by atoms with Crippen LogP contribution in [0.25, 0.3) is 0 Å². The second kappa shape index (κ2) is 2.50. The van der Waals surface area contributed by atoms with Crippen molar-refractivity contribution in [3.63, 3.8) is 0 Å². The molecule has 0 amide bonds. The first-order chi connectivity index (χ1) is 5.25. The highest BCUT2D eigenvalue weighted by Gasteiger charge is 2.29. The standard InChI is InChI=1S/C9H16N2/c1-6-4-8(5-6)11-9(10)7-2-3-7/h6-8H,2-5H2,1H3,(H2,10,11). The Morgan fingerprint density at radius 2 is 2.00 bits per heavy atom. The van der Waals surface area contributed by atoms with Crippen molar-refractivity contribution in [2.24, 2.45) is 22.6 Å². The van der Waals surface area contributed by atoms with E-state index in [9.17, 15) is 0 Å². The molecule has 0 spiro atoms. The van der Waals surface area contributed by atoms with Crippen LogP contribution in [-0.4, -0.2) is 11.9 Å². The zero-order valence-corrected chi connectivity index (χ0v) is 7.09. The SMILES string of the molecule is CC1CC(N=C(N)C2CC2)C1. The quantitative estimate of drug-likeness (QED) is 0.473. The molecule has 0 heterocycles. The summed E-state index contributed by atoms with van der Waals surface area (Å²) in [6.07, 6.45) is 5.07. The van der Waals surface area contributed by atoms with Crippen molar-refractivity contribution < 1.29 is 0 Å². The molecule has 2 aliphatic rings. The molecule has 0 bridgehead atoms. The highest BCUT2D eigenvalue weighted by atomic mass is 14.9. The summed E-state index contributed by atoms with van der Waals surface area (Å²) in [6, 6.07) is 0.575. The summed E-state index contributed by atoms with van der Waals surface area (Å²) in [5.74, 6) is 2.48. The van der Waals surface area contributed by atoms with Gasteiger partial charge >= 0.3 is 0 Å². The minimum absolute atomic E-state index is 0.575. The Balaban J connectivity index is 1.82. The second-order valence-electron chi connectivity index (χ2n) is 4.06. The number of hydrogen-bond acceptors (Lipinski definition) is 1. The monoisotopic (exact) mass is 152 g/mol. The molecule has 0 atom stereocenters. The van der Waals surface area contributed by atoms with Gasteiger partial charge in [0.1, 0.15) is 0 Å². The van der Waals surface area contributed by atoms with E-state index < -0.39 is 0 Å². The average Bonchev–Trinajstić information content (AvgIpc) is 2.64. The number of rotatable bonds is 2. The van der Waals surface area contributed by atoms with Crippen LogP contribution in [0.2, 0.25) is 0 Å². The van der Waals surface area contributed by atoms with E-state index in [0.717, 1.165) is 11.8 Å². The summed E-state index contributed by atoms with van der Waals surface area (Å²) >= 11 is 0. The normalized spacial score (nSPS) is 38.5. The molecular formula is C9H16N2. The maximum absolute atomic E-state index is 5.78. The molecule has 62 valence electrons. The Morgan fingerprint density at radius 1 is 1.36 bits per heavy atom. The van der Waals surface area contributed by atoms with Crippen LogP contribution in [-0.2, 0) is 0 Å². The number of nitrogens with zero attached hydrogens (tertiary/aromatic N) is 1. The van der Waals surface area contributed by atoms with Gasteiger partial charge in [0.25, 0.3) is 0 Å². The van der Waals surface area contributed by atoms with Crippen LogP contribution in [0.1, 0.15) is 32.6 Å². The topological polar surface area (TPSA) is 38.4 Å². The van der Waals surface area contributed by atoms with Gasteiger partial charge < -0.3 is 5.73 Å². The molecule has 0 aromatic heterocycles. The summed E-state index contributed by atoms with van der Waals surface area (Å²) < 4.78 is 0. The zero-order chi connectivity index (χ0) is 7.84. The van der Waals surface area contributed by atoms with Gasteiger partial charge in [0, 0.05) is 5.92 Å². The predicted molar refractivity (Wildman–Crippen MR) is 46.5 cm³/mol. The van der Waals surface area contributed by atoms with Gasteiger partial charge in [-0.2, -0.15) is 0 Å². The van der Waals surface area contributed by atoms with Crippen molar-refractivity contribution in [3.05, 3.63) is 0 Å². The summed E-state index contributed by atoms with van der Waals surface area (Å²) in [5.41, 5.74) is 5.78. The minimum atomic E-state index is 0.575. The van der Waals surface area contributed by atoms with Gasteiger partial charge in [0.05, 0.1) is 11.9 Å². The van der Waals surface area contributed by atoms with Crippen molar-refractivity contribution >= 4 is 5.84 Å². The van der Waals surface area contributed by atoms with E-state index in [2.05, 4.69) is 11.9 Å². The maximum Gasteiger partial charge on any atom is 0.0971 e. The van der Waals surface area contributed by atoms with E-state index in [0.29, 0.717) is 12.0 Å². The molecule has 0 aromatic rings. The molecule has 2 N–H and O–H groups in total. The third-order valence-electron chi connectivity index (χ3n) is 2.68. The van der Waals surface area contributed by atoms with Gasteiger partial charge in [-0.1, -0.05) is 6.92 Å². The van der Waals surface area contributed by atoms with E-state index in [1.807, 2.05) is 0 Å². The molecule has 0 unspecified atom stereocenters. The first kappa shape index (κ1) is 7.14. The molecule has 2 aliphatic carbocycles. The highest BCUT2D eigenvalue weighted by molar-refractivity contribution is 5.85. The van der Waals surface area contributed by atoms with Gasteiger partial charge in [-0.25, -0.2) is 0 Å². The van der Waals surface area contributed by atoms with E-state index in [1.54, 1.807) is 0 Å². The summed E-state index contributed by atoms with van der Waals surface area (Å²) in [6.45, 7) is 2.28. The third kappa shape index (κ3) is 1.55. The largest absolute Gasteiger partial charge is 0.387 e. The van der Waals surface area contributed by atoms with Crippen molar-refractivity contribution in [1.82, 2.24) is 0 Å². The van der Waals surface area contributed by atoms with Crippen molar-refractivity contribution in [3.8, 4) is 0 Å². The molecule has 2 heteroatoms. The number of hydrogen-bond donors (Lipinski definition) is 1. The smallest absolute Gasteiger partial charge is 0.0971 e. The first-order valence-electron chi connectivity index (χ1n) is 4.59. The van der Waals surface area contributed by atoms with Crippen LogP contribution in [0.3, 0.4) is 0 Å². The molecule has 2 fully saturated rings. The van der Waals surface area contributed by atoms with Gasteiger partial charge in [-0.05, 0) is 31.6 Å². The summed E-state index contributed by atoms with van der Waals surface area (Å²) in [7, 11) is 0. The van der Waals surface area contributed by atoms with Crippen LogP contribution in [0, 0.1) is 11.8 Å². The molecule has 0 radical (unpaired) electrons. The van der Waals surface area contributed by atoms with Gasteiger partial charge in [-0.15, -0.1) is 0 Å². The van der Waals surface area contributed by atoms with Crippen LogP contribution < -0.4 is 5.73 Å². The average molecular weight is 152 g/mol. The Kier molecular flexibility index (Phi) is 1.63.